The first-order valence-electron chi connectivity index (χ1n) is 2.77. The van der Waals surface area contributed by atoms with Crippen molar-refractivity contribution in [2.75, 3.05) is 4.61 Å². The molecular formula is C5H5F6IO. The van der Waals surface area contributed by atoms with Crippen molar-refractivity contribution in [3.05, 3.63) is 0 Å². The van der Waals surface area contributed by atoms with Gasteiger partial charge in [0.2, 0.25) is 6.10 Å². The molecule has 0 atom stereocenters. The number of hydrogen-bond donors (Lipinski definition) is 0. The van der Waals surface area contributed by atoms with Crippen molar-refractivity contribution in [2.45, 2.75) is 18.5 Å². The van der Waals surface area contributed by atoms with E-state index in [4.69, 9.17) is 0 Å². The van der Waals surface area contributed by atoms with Crippen LogP contribution in [0.5, 0.6) is 0 Å². The van der Waals surface area contributed by atoms with Gasteiger partial charge < -0.3 is 4.74 Å². The third-order valence-electron chi connectivity index (χ3n) is 0.901. The molecule has 0 aromatic carbocycles. The molecule has 0 aliphatic heterocycles. The molecule has 8 heteroatoms. The maximum absolute atomic E-state index is 11.7. The monoisotopic (exact) mass is 322 g/mol. The molecule has 0 saturated carbocycles. The van der Waals surface area contributed by atoms with Crippen LogP contribution in [0.1, 0.15) is 0 Å². The number of hydrogen-bond acceptors (Lipinski definition) is 1. The van der Waals surface area contributed by atoms with Crippen LogP contribution in [-0.2, 0) is 4.74 Å². The molecular weight excluding hydrogens is 317 g/mol. The van der Waals surface area contributed by atoms with Crippen molar-refractivity contribution in [2.24, 2.45) is 0 Å². The highest BCUT2D eigenvalue weighted by atomic mass is 127. The van der Waals surface area contributed by atoms with E-state index in [-0.39, 0.29) is 0 Å². The minimum atomic E-state index is -5.41. The maximum Gasteiger partial charge on any atom is 0.423 e. The van der Waals surface area contributed by atoms with Crippen molar-refractivity contribution in [1.82, 2.24) is 0 Å². The molecule has 13 heavy (non-hydrogen) atoms. The van der Waals surface area contributed by atoms with E-state index >= 15 is 0 Å². The Morgan fingerprint density at radius 1 is 1.08 bits per heavy atom. The van der Waals surface area contributed by atoms with Gasteiger partial charge in [0.15, 0.2) is 0 Å². The first-order valence-corrected chi connectivity index (χ1v) is 5.82. The minimum Gasteiger partial charge on any atom is -0.351 e. The molecule has 80 valence electrons. The van der Waals surface area contributed by atoms with Crippen LogP contribution in [-0.4, -0.2) is 27.6 Å². The molecule has 0 aromatic heterocycles. The summed E-state index contributed by atoms with van der Waals surface area (Å²) in [6, 6.07) is 0. The molecule has 0 amide bonds. The molecule has 1 nitrogen and oxygen atoms in total. The van der Waals surface area contributed by atoms with E-state index in [1.54, 1.807) is 0 Å². The molecule has 0 saturated heterocycles. The van der Waals surface area contributed by atoms with E-state index in [9.17, 15) is 26.3 Å². The average molecular weight is 322 g/mol. The number of ether oxygens (including phenoxy) is 1. The van der Waals surface area contributed by atoms with Gasteiger partial charge >= 0.3 is 12.4 Å². The fourth-order valence-corrected chi connectivity index (χ4v) is 1.10. The zero-order chi connectivity index (χ0) is 10.7. The van der Waals surface area contributed by atoms with Gasteiger partial charge in [0.05, 0.1) is 4.61 Å². The summed E-state index contributed by atoms with van der Waals surface area (Å²) in [6.07, 6.45) is -14.5. The second-order valence-corrected chi connectivity index (χ2v) is 3.63. The lowest BCUT2D eigenvalue weighted by Gasteiger charge is -2.22. The van der Waals surface area contributed by atoms with E-state index in [1.165, 1.54) is 0 Å². The summed E-state index contributed by atoms with van der Waals surface area (Å²) in [5.41, 5.74) is 0. The van der Waals surface area contributed by atoms with Crippen molar-refractivity contribution in [3.63, 3.8) is 0 Å². The fourth-order valence-electron chi connectivity index (χ4n) is 0.482. The summed E-state index contributed by atoms with van der Waals surface area (Å²) in [6.45, 7) is 0. The Balaban J connectivity index is 4.47. The van der Waals surface area contributed by atoms with Gasteiger partial charge in [0.1, 0.15) is 0 Å². The van der Waals surface area contributed by atoms with Crippen LogP contribution >= 0.6 is 20.7 Å². The van der Waals surface area contributed by atoms with E-state index in [0.29, 0.717) is 0 Å². The first-order chi connectivity index (χ1) is 5.69. The highest BCUT2D eigenvalue weighted by molar-refractivity contribution is 14.2. The second-order valence-electron chi connectivity index (χ2n) is 1.93. The highest BCUT2D eigenvalue weighted by Crippen LogP contribution is 2.35. The van der Waals surface area contributed by atoms with Crippen molar-refractivity contribution in [3.8, 4) is 0 Å². The lowest BCUT2D eigenvalue weighted by molar-refractivity contribution is -0.316. The van der Waals surface area contributed by atoms with E-state index < -0.39 is 43.8 Å². The van der Waals surface area contributed by atoms with Gasteiger partial charge in [-0.2, -0.15) is 26.3 Å². The van der Waals surface area contributed by atoms with Crippen LogP contribution in [0.3, 0.4) is 0 Å². The van der Waals surface area contributed by atoms with E-state index in [2.05, 4.69) is 9.25 Å². The third-order valence-corrected chi connectivity index (χ3v) is 1.70. The largest absolute Gasteiger partial charge is 0.423 e. The molecule has 0 spiro atoms. The van der Waals surface area contributed by atoms with Crippen LogP contribution in [0.15, 0.2) is 0 Å². The number of halogens is 7. The summed E-state index contributed by atoms with van der Waals surface area (Å²) < 4.78 is 76.4. The number of rotatable bonds is 3. The summed E-state index contributed by atoms with van der Waals surface area (Å²) >= 11 is -0.995. The highest BCUT2D eigenvalue weighted by Gasteiger charge is 2.57. The molecule has 0 bridgehead atoms. The molecule has 0 heterocycles. The van der Waals surface area contributed by atoms with Crippen molar-refractivity contribution < 1.29 is 31.1 Å². The normalized spacial score (nSPS) is 13.8. The van der Waals surface area contributed by atoms with Crippen LogP contribution < -0.4 is 0 Å². The Labute approximate surface area is 79.8 Å². The van der Waals surface area contributed by atoms with E-state index in [0.717, 1.165) is 0 Å². The van der Waals surface area contributed by atoms with Gasteiger partial charge in [-0.3, -0.25) is 0 Å². The molecule has 0 aliphatic carbocycles. The van der Waals surface area contributed by atoms with Gasteiger partial charge in [0.25, 0.3) is 0 Å². The maximum atomic E-state index is 11.7. The summed E-state index contributed by atoms with van der Waals surface area (Å²) in [5.74, 6) is 0. The Hall–Kier alpha value is 0.140. The quantitative estimate of drug-likeness (QED) is 0.441. The third kappa shape index (κ3) is 4.79. The zero-order valence-corrected chi connectivity index (χ0v) is 8.20. The fraction of sp³-hybridized carbons (Fsp3) is 0.800. The first kappa shape index (κ1) is 13.1. The molecule has 0 fully saturated rings. The molecule has 0 unspecified atom stereocenters. The molecule has 0 aliphatic rings. The molecule has 0 N–H and O–H groups in total. The lowest BCUT2D eigenvalue weighted by atomic mass is 10.3. The predicted octanol–water partition coefficient (Wildman–Crippen LogP) is 2.86. The average Bonchev–Trinajstić information content (AvgIpc) is 1.81. The van der Waals surface area contributed by atoms with Crippen molar-refractivity contribution >= 4 is 25.2 Å². The van der Waals surface area contributed by atoms with Gasteiger partial charge in [0, 0.05) is 0 Å². The van der Waals surface area contributed by atoms with Gasteiger partial charge in [-0.15, -0.1) is 20.7 Å². The van der Waals surface area contributed by atoms with Gasteiger partial charge in [-0.25, -0.2) is 0 Å². The van der Waals surface area contributed by atoms with E-state index in [1.807, 2.05) is 0 Å². The van der Waals surface area contributed by atoms with Gasteiger partial charge in [-0.1, -0.05) is 4.51 Å². The van der Waals surface area contributed by atoms with Crippen LogP contribution in [0.2, 0.25) is 0 Å². The van der Waals surface area contributed by atoms with Crippen LogP contribution in [0, 0.1) is 0 Å². The standard InChI is InChI=1S/C5H5F6IO/c1-12-2-13-3(4(6,7)8)5(9,10)11/h3H,1-2H2. The van der Waals surface area contributed by atoms with Crippen LogP contribution in [0.25, 0.3) is 0 Å². The second kappa shape index (κ2) is 4.58. The Bertz CT molecular complexity index is 159. The molecule has 0 radical (unpaired) electrons. The summed E-state index contributed by atoms with van der Waals surface area (Å²) in [5, 5.41) is 0. The molecule has 0 rings (SSSR count). The smallest absolute Gasteiger partial charge is 0.351 e. The van der Waals surface area contributed by atoms with Gasteiger partial charge in [-0.05, 0) is 0 Å². The Morgan fingerprint density at radius 3 is 1.69 bits per heavy atom. The Morgan fingerprint density at radius 2 is 1.46 bits per heavy atom. The SMILES string of the molecule is C=ICOC(C(F)(F)F)C(F)(F)F. The number of alkyl halides is 7. The zero-order valence-electron chi connectivity index (χ0n) is 6.05. The lowest BCUT2D eigenvalue weighted by Crippen LogP contribution is -2.44. The summed E-state index contributed by atoms with van der Waals surface area (Å²) in [7, 11) is 0. The molecule has 0 aromatic rings. The van der Waals surface area contributed by atoms with Crippen LogP contribution in [0.4, 0.5) is 26.3 Å². The Kier molecular flexibility index (Phi) is 4.63. The topological polar surface area (TPSA) is 9.23 Å². The van der Waals surface area contributed by atoms with Crippen molar-refractivity contribution in [1.29, 1.82) is 0 Å². The summed E-state index contributed by atoms with van der Waals surface area (Å²) in [4.78, 5) is 0. The minimum absolute atomic E-state index is 0.567. The predicted molar refractivity (Wildman–Crippen MR) is 43.0 cm³/mol.